The molecule has 4 N–H and O–H groups in total. The lowest BCUT2D eigenvalue weighted by Gasteiger charge is -2.40. The van der Waals surface area contributed by atoms with E-state index in [2.05, 4.69) is 5.32 Å². The summed E-state index contributed by atoms with van der Waals surface area (Å²) in [4.78, 5) is 25.8. The zero-order chi connectivity index (χ0) is 18.5. The number of aliphatic hydroxyl groups is 1. The Balaban J connectivity index is 1.68. The summed E-state index contributed by atoms with van der Waals surface area (Å²) in [5.74, 6) is 0.0364. The van der Waals surface area contributed by atoms with Gasteiger partial charge < -0.3 is 25.8 Å². The van der Waals surface area contributed by atoms with Crippen LogP contribution in [0.4, 0.5) is 5.69 Å². The van der Waals surface area contributed by atoms with Gasteiger partial charge in [0.15, 0.2) is 0 Å². The van der Waals surface area contributed by atoms with Crippen molar-refractivity contribution in [2.75, 3.05) is 31.6 Å². The number of carbonyl (C=O) groups excluding carboxylic acids is 2. The van der Waals surface area contributed by atoms with Gasteiger partial charge in [0.25, 0.3) is 0 Å². The van der Waals surface area contributed by atoms with Crippen LogP contribution in [0.15, 0.2) is 24.3 Å². The molecule has 1 saturated heterocycles. The fourth-order valence-electron chi connectivity index (χ4n) is 3.83. The number of rotatable bonds is 6. The number of nitrogens with two attached hydrogens (primary N) is 1. The van der Waals surface area contributed by atoms with Gasteiger partial charge in [-0.3, -0.25) is 9.59 Å². The van der Waals surface area contributed by atoms with Crippen LogP contribution >= 0.6 is 0 Å². The Morgan fingerprint density at radius 3 is 2.58 bits per heavy atom. The number of anilines is 1. The van der Waals surface area contributed by atoms with Gasteiger partial charge in [-0.05, 0) is 30.5 Å². The number of nitrogens with one attached hydrogen (secondary N) is 1. The van der Waals surface area contributed by atoms with Gasteiger partial charge in [-0.15, -0.1) is 0 Å². The summed E-state index contributed by atoms with van der Waals surface area (Å²) in [6, 6.07) is 6.95. The molecular formula is C19H27N3O4. The van der Waals surface area contributed by atoms with Crippen molar-refractivity contribution in [3.05, 3.63) is 29.8 Å². The maximum Gasteiger partial charge on any atom is 0.249 e. The summed E-state index contributed by atoms with van der Waals surface area (Å²) in [5, 5.41) is 12.7. The molecule has 1 aliphatic carbocycles. The predicted octanol–water partition coefficient (Wildman–Crippen LogP) is 1.03. The van der Waals surface area contributed by atoms with Crippen molar-refractivity contribution in [1.82, 2.24) is 4.90 Å². The first-order valence-electron chi connectivity index (χ1n) is 9.27. The highest BCUT2D eigenvalue weighted by Gasteiger charge is 2.36. The fourth-order valence-corrected chi connectivity index (χ4v) is 3.83. The van der Waals surface area contributed by atoms with E-state index >= 15 is 0 Å². The van der Waals surface area contributed by atoms with E-state index in [1.54, 1.807) is 4.90 Å². The van der Waals surface area contributed by atoms with Crippen LogP contribution < -0.4 is 11.1 Å². The minimum atomic E-state index is -0.460. The van der Waals surface area contributed by atoms with E-state index in [1.165, 1.54) is 0 Å². The van der Waals surface area contributed by atoms with Gasteiger partial charge in [-0.1, -0.05) is 25.0 Å². The van der Waals surface area contributed by atoms with Crippen molar-refractivity contribution >= 4 is 17.5 Å². The maximum absolute atomic E-state index is 12.2. The average Bonchev–Trinajstić information content (AvgIpc) is 3.19. The molecule has 26 heavy (non-hydrogen) atoms. The number of amides is 2. The van der Waals surface area contributed by atoms with E-state index in [0.717, 1.165) is 36.9 Å². The lowest BCUT2D eigenvalue weighted by atomic mass is 9.99. The fraction of sp³-hybridized carbons (Fsp3) is 0.579. The molecule has 7 nitrogen and oxygen atoms in total. The number of benzene rings is 1. The second-order valence-corrected chi connectivity index (χ2v) is 6.95. The van der Waals surface area contributed by atoms with E-state index < -0.39 is 12.1 Å². The molecule has 1 heterocycles. The van der Waals surface area contributed by atoms with Gasteiger partial charge in [-0.25, -0.2) is 0 Å². The Labute approximate surface area is 153 Å². The first-order valence-corrected chi connectivity index (χ1v) is 9.27. The number of aliphatic hydroxyl groups excluding tert-OH is 1. The topological polar surface area (TPSA) is 105 Å². The van der Waals surface area contributed by atoms with E-state index in [4.69, 9.17) is 10.5 Å². The molecule has 1 saturated carbocycles. The van der Waals surface area contributed by atoms with Crippen LogP contribution in [0.5, 0.6) is 0 Å². The second-order valence-electron chi connectivity index (χ2n) is 6.95. The summed E-state index contributed by atoms with van der Waals surface area (Å²) in [7, 11) is 0. The third-order valence-corrected chi connectivity index (χ3v) is 5.25. The van der Waals surface area contributed by atoms with Crippen molar-refractivity contribution in [1.29, 1.82) is 0 Å². The normalized spacial score (nSPS) is 24.1. The molecule has 1 aliphatic heterocycles. The van der Waals surface area contributed by atoms with Crippen LogP contribution in [0, 0.1) is 5.92 Å². The van der Waals surface area contributed by atoms with Crippen molar-refractivity contribution in [3.8, 4) is 0 Å². The largest absolute Gasteiger partial charge is 0.394 e. The molecule has 1 aromatic rings. The number of ether oxygens (including phenoxy) is 1. The molecule has 0 bridgehead atoms. The Kier molecular flexibility index (Phi) is 6.24. The van der Waals surface area contributed by atoms with Gasteiger partial charge >= 0.3 is 0 Å². The van der Waals surface area contributed by atoms with Crippen LogP contribution in [0.25, 0.3) is 0 Å². The average molecular weight is 361 g/mol. The predicted molar refractivity (Wildman–Crippen MR) is 97.4 cm³/mol. The Bertz CT molecular complexity index is 628. The van der Waals surface area contributed by atoms with Crippen molar-refractivity contribution < 1.29 is 19.4 Å². The Morgan fingerprint density at radius 2 is 1.96 bits per heavy atom. The summed E-state index contributed by atoms with van der Waals surface area (Å²) in [5.41, 5.74) is 7.19. The van der Waals surface area contributed by atoms with Crippen LogP contribution in [0.2, 0.25) is 0 Å². The standard InChI is InChI=1S/C19H27N3O4/c20-9-10-22-16(11-23)18(26-12-17(22)24)13-5-7-15(8-6-13)21-19(25)14-3-1-2-4-14/h5-8,14,16,18,23H,1-4,9-12,20H2,(H,21,25)/t16-,18-/m1/s1. The van der Waals surface area contributed by atoms with E-state index in [9.17, 15) is 14.7 Å². The highest BCUT2D eigenvalue weighted by atomic mass is 16.5. The number of hydrogen-bond donors (Lipinski definition) is 3. The van der Waals surface area contributed by atoms with Gasteiger partial charge in [0.1, 0.15) is 12.7 Å². The highest BCUT2D eigenvalue weighted by molar-refractivity contribution is 5.92. The molecule has 142 valence electrons. The number of carbonyl (C=O) groups is 2. The lowest BCUT2D eigenvalue weighted by molar-refractivity contribution is -0.160. The lowest BCUT2D eigenvalue weighted by Crippen LogP contribution is -2.54. The van der Waals surface area contributed by atoms with Gasteiger partial charge in [-0.2, -0.15) is 0 Å². The molecule has 3 rings (SSSR count). The number of hydrogen-bond acceptors (Lipinski definition) is 5. The summed E-state index contributed by atoms with van der Waals surface area (Å²) < 4.78 is 5.68. The number of morpholine rings is 1. The molecule has 0 spiro atoms. The molecule has 0 radical (unpaired) electrons. The monoisotopic (exact) mass is 361 g/mol. The van der Waals surface area contributed by atoms with Gasteiger partial charge in [0.05, 0.1) is 12.6 Å². The molecule has 0 unspecified atom stereocenters. The van der Waals surface area contributed by atoms with Crippen LogP contribution in [-0.4, -0.2) is 54.2 Å². The minimum Gasteiger partial charge on any atom is -0.394 e. The zero-order valence-electron chi connectivity index (χ0n) is 14.9. The smallest absolute Gasteiger partial charge is 0.249 e. The van der Waals surface area contributed by atoms with Crippen LogP contribution in [0.3, 0.4) is 0 Å². The molecular weight excluding hydrogens is 334 g/mol. The highest BCUT2D eigenvalue weighted by Crippen LogP contribution is 2.30. The minimum absolute atomic E-state index is 0.0265. The first kappa shape index (κ1) is 18.8. The summed E-state index contributed by atoms with van der Waals surface area (Å²) >= 11 is 0. The molecule has 2 fully saturated rings. The zero-order valence-corrected chi connectivity index (χ0v) is 14.9. The molecule has 1 aromatic carbocycles. The summed E-state index contributed by atoms with van der Waals surface area (Å²) in [6.45, 7) is 0.498. The van der Waals surface area contributed by atoms with Crippen molar-refractivity contribution in [3.63, 3.8) is 0 Å². The van der Waals surface area contributed by atoms with Crippen molar-refractivity contribution in [2.24, 2.45) is 11.7 Å². The van der Waals surface area contributed by atoms with E-state index in [1.807, 2.05) is 24.3 Å². The maximum atomic E-state index is 12.2. The summed E-state index contributed by atoms with van der Waals surface area (Å²) in [6.07, 6.45) is 3.75. The van der Waals surface area contributed by atoms with Crippen molar-refractivity contribution in [2.45, 2.75) is 37.8 Å². The molecule has 7 heteroatoms. The molecule has 0 aromatic heterocycles. The Morgan fingerprint density at radius 1 is 1.27 bits per heavy atom. The molecule has 2 atom stereocenters. The quantitative estimate of drug-likeness (QED) is 0.702. The van der Waals surface area contributed by atoms with Gasteiger partial charge in [0, 0.05) is 24.7 Å². The number of nitrogens with zero attached hydrogens (tertiary/aromatic N) is 1. The second kappa shape index (κ2) is 8.62. The van der Waals surface area contributed by atoms with Gasteiger partial charge in [0.2, 0.25) is 11.8 Å². The van der Waals surface area contributed by atoms with Crippen LogP contribution in [-0.2, 0) is 14.3 Å². The van der Waals surface area contributed by atoms with E-state index in [0.29, 0.717) is 13.1 Å². The Hall–Kier alpha value is -1.96. The molecule has 2 amide bonds. The first-order chi connectivity index (χ1) is 12.6. The molecule has 2 aliphatic rings. The van der Waals surface area contributed by atoms with E-state index in [-0.39, 0.29) is 30.9 Å². The third kappa shape index (κ3) is 4.06. The third-order valence-electron chi connectivity index (χ3n) is 5.25. The van der Waals surface area contributed by atoms with Crippen LogP contribution in [0.1, 0.15) is 37.4 Å². The SMILES string of the molecule is NCCN1C(=O)CO[C@H](c2ccc(NC(=O)C3CCCC3)cc2)[C@H]1CO.